The van der Waals surface area contributed by atoms with Crippen LogP contribution in [0.25, 0.3) is 0 Å². The van der Waals surface area contributed by atoms with Crippen LogP contribution in [0, 0.1) is 12.8 Å². The molecule has 1 unspecified atom stereocenters. The number of aryl methyl sites for hydroxylation is 1. The van der Waals surface area contributed by atoms with Crippen molar-refractivity contribution in [3.63, 3.8) is 0 Å². The van der Waals surface area contributed by atoms with Gasteiger partial charge in [-0.15, -0.1) is 0 Å². The molecule has 1 aromatic heterocycles. The number of carboxylic acids is 1. The Labute approximate surface area is 106 Å². The highest BCUT2D eigenvalue weighted by Gasteiger charge is 2.17. The van der Waals surface area contributed by atoms with Gasteiger partial charge in [-0.2, -0.15) is 0 Å². The normalized spacial score (nSPS) is 11.7. The Morgan fingerprint density at radius 2 is 2.22 bits per heavy atom. The van der Waals surface area contributed by atoms with Crippen molar-refractivity contribution in [2.24, 2.45) is 5.92 Å². The molecule has 0 aromatic carbocycles. The molecule has 1 atom stereocenters. The van der Waals surface area contributed by atoms with Crippen molar-refractivity contribution in [3.05, 3.63) is 24.0 Å². The molecule has 0 aliphatic rings. The number of hydrogen-bond acceptors (Lipinski definition) is 3. The van der Waals surface area contributed by atoms with Gasteiger partial charge in [-0.3, -0.25) is 9.78 Å². The number of nitrogens with one attached hydrogen (secondary N) is 1. The molecule has 18 heavy (non-hydrogen) atoms. The van der Waals surface area contributed by atoms with Gasteiger partial charge in [0.15, 0.2) is 0 Å². The summed E-state index contributed by atoms with van der Waals surface area (Å²) in [5.41, 5.74) is 1.52. The first kappa shape index (κ1) is 14.0. The van der Waals surface area contributed by atoms with E-state index in [-0.39, 0.29) is 12.6 Å². The van der Waals surface area contributed by atoms with Gasteiger partial charge in [-0.25, -0.2) is 4.79 Å². The van der Waals surface area contributed by atoms with E-state index < -0.39 is 11.9 Å². The molecule has 0 aliphatic carbocycles. The maximum atomic E-state index is 11.8. The maximum Gasteiger partial charge on any atom is 0.321 e. The number of carboxylic acid groups (broad SMARTS) is 1. The van der Waals surface area contributed by atoms with Gasteiger partial charge in [0.1, 0.15) is 0 Å². The molecule has 1 rings (SSSR count). The van der Waals surface area contributed by atoms with Crippen molar-refractivity contribution < 1.29 is 14.7 Å². The second kappa shape index (κ2) is 6.00. The van der Waals surface area contributed by atoms with Crippen LogP contribution in [0.3, 0.4) is 0 Å². The molecule has 0 radical (unpaired) electrons. The van der Waals surface area contributed by atoms with E-state index in [0.717, 1.165) is 5.56 Å². The van der Waals surface area contributed by atoms with E-state index in [4.69, 9.17) is 5.11 Å². The van der Waals surface area contributed by atoms with Crippen LogP contribution in [-0.4, -0.2) is 40.6 Å². The molecule has 6 heteroatoms. The summed E-state index contributed by atoms with van der Waals surface area (Å²) >= 11 is 0. The van der Waals surface area contributed by atoms with Crippen LogP contribution in [-0.2, 0) is 4.79 Å². The standard InChI is InChI=1S/C12H17N3O3/c1-8-4-5-13-6-10(8)14-12(18)15(3)7-9(2)11(16)17/h4-6,9H,7H2,1-3H3,(H,14,18)(H,16,17). The molecule has 6 nitrogen and oxygen atoms in total. The second-order valence-corrected chi connectivity index (χ2v) is 4.24. The van der Waals surface area contributed by atoms with Gasteiger partial charge < -0.3 is 15.3 Å². The minimum Gasteiger partial charge on any atom is -0.481 e. The van der Waals surface area contributed by atoms with E-state index in [1.807, 2.05) is 6.92 Å². The number of carbonyl (C=O) groups excluding carboxylic acids is 1. The lowest BCUT2D eigenvalue weighted by molar-refractivity contribution is -0.141. The van der Waals surface area contributed by atoms with Crippen molar-refractivity contribution in [2.75, 3.05) is 18.9 Å². The fourth-order valence-electron chi connectivity index (χ4n) is 1.38. The first-order valence-electron chi connectivity index (χ1n) is 5.57. The first-order chi connectivity index (χ1) is 8.41. The van der Waals surface area contributed by atoms with Gasteiger partial charge in [0.2, 0.25) is 0 Å². The number of carbonyl (C=O) groups is 2. The Balaban J connectivity index is 2.61. The van der Waals surface area contributed by atoms with E-state index in [9.17, 15) is 9.59 Å². The Morgan fingerprint density at radius 1 is 1.56 bits per heavy atom. The summed E-state index contributed by atoms with van der Waals surface area (Å²) in [5, 5.41) is 11.5. The third-order valence-electron chi connectivity index (χ3n) is 2.60. The van der Waals surface area contributed by atoms with E-state index in [1.165, 1.54) is 4.90 Å². The van der Waals surface area contributed by atoms with Crippen LogP contribution in [0.1, 0.15) is 12.5 Å². The van der Waals surface area contributed by atoms with Gasteiger partial charge in [0.25, 0.3) is 0 Å². The van der Waals surface area contributed by atoms with Crippen molar-refractivity contribution in [2.45, 2.75) is 13.8 Å². The van der Waals surface area contributed by atoms with Gasteiger partial charge in [-0.1, -0.05) is 6.92 Å². The zero-order valence-electron chi connectivity index (χ0n) is 10.7. The fraction of sp³-hybridized carbons (Fsp3) is 0.417. The summed E-state index contributed by atoms with van der Waals surface area (Å²) in [6, 6.07) is 1.44. The molecule has 98 valence electrons. The van der Waals surface area contributed by atoms with Gasteiger partial charge in [0.05, 0.1) is 17.8 Å². The maximum absolute atomic E-state index is 11.8. The average Bonchev–Trinajstić information content (AvgIpc) is 2.31. The molecule has 0 spiro atoms. The Bertz CT molecular complexity index is 448. The van der Waals surface area contributed by atoms with Crippen LogP contribution >= 0.6 is 0 Å². The van der Waals surface area contributed by atoms with Crippen molar-refractivity contribution in [1.29, 1.82) is 0 Å². The van der Waals surface area contributed by atoms with Gasteiger partial charge >= 0.3 is 12.0 Å². The average molecular weight is 251 g/mol. The summed E-state index contributed by atoms with van der Waals surface area (Å²) in [7, 11) is 1.56. The summed E-state index contributed by atoms with van der Waals surface area (Å²) in [6.07, 6.45) is 3.20. The van der Waals surface area contributed by atoms with E-state index >= 15 is 0 Å². The van der Waals surface area contributed by atoms with Crippen molar-refractivity contribution in [3.8, 4) is 0 Å². The SMILES string of the molecule is Cc1ccncc1NC(=O)N(C)CC(C)C(=O)O. The van der Waals surface area contributed by atoms with E-state index in [1.54, 1.807) is 32.4 Å². The minimum atomic E-state index is -0.924. The summed E-state index contributed by atoms with van der Waals surface area (Å²) < 4.78 is 0. The zero-order valence-corrected chi connectivity index (χ0v) is 10.7. The monoisotopic (exact) mass is 251 g/mol. The first-order valence-corrected chi connectivity index (χ1v) is 5.57. The van der Waals surface area contributed by atoms with Gasteiger partial charge in [-0.05, 0) is 18.6 Å². The fourth-order valence-corrected chi connectivity index (χ4v) is 1.38. The number of anilines is 1. The number of nitrogens with zero attached hydrogens (tertiary/aromatic N) is 2. The zero-order chi connectivity index (χ0) is 13.7. The number of hydrogen-bond donors (Lipinski definition) is 2. The lowest BCUT2D eigenvalue weighted by atomic mass is 10.2. The largest absolute Gasteiger partial charge is 0.481 e. The number of pyridine rings is 1. The molecule has 0 saturated carbocycles. The molecule has 0 aliphatic heterocycles. The third kappa shape index (κ3) is 3.73. The topological polar surface area (TPSA) is 82.5 Å². The molecule has 1 aromatic rings. The van der Waals surface area contributed by atoms with Crippen LogP contribution in [0.5, 0.6) is 0 Å². The van der Waals surface area contributed by atoms with Gasteiger partial charge in [0, 0.05) is 19.8 Å². The highest BCUT2D eigenvalue weighted by Crippen LogP contribution is 2.12. The quantitative estimate of drug-likeness (QED) is 0.851. The Morgan fingerprint density at radius 3 is 2.78 bits per heavy atom. The van der Waals surface area contributed by atoms with Crippen LogP contribution in [0.2, 0.25) is 0 Å². The summed E-state index contributed by atoms with van der Waals surface area (Å²) in [6.45, 7) is 3.57. The highest BCUT2D eigenvalue weighted by molar-refractivity contribution is 5.90. The van der Waals surface area contributed by atoms with Crippen LogP contribution in [0.15, 0.2) is 18.5 Å². The number of aliphatic carboxylic acids is 1. The Hall–Kier alpha value is -2.11. The van der Waals surface area contributed by atoms with Crippen LogP contribution < -0.4 is 5.32 Å². The third-order valence-corrected chi connectivity index (χ3v) is 2.60. The molecule has 1 heterocycles. The molecule has 2 amide bonds. The summed E-state index contributed by atoms with van der Waals surface area (Å²) in [5.74, 6) is -1.53. The highest BCUT2D eigenvalue weighted by atomic mass is 16.4. The minimum absolute atomic E-state index is 0.153. The lowest BCUT2D eigenvalue weighted by Crippen LogP contribution is -2.36. The molecular weight excluding hydrogens is 234 g/mol. The predicted octanol–water partition coefficient (Wildman–Crippen LogP) is 1.57. The lowest BCUT2D eigenvalue weighted by Gasteiger charge is -2.20. The Kier molecular flexibility index (Phi) is 4.65. The van der Waals surface area contributed by atoms with Crippen molar-refractivity contribution >= 4 is 17.7 Å². The predicted molar refractivity (Wildman–Crippen MR) is 67.4 cm³/mol. The molecule has 0 saturated heterocycles. The molecule has 0 fully saturated rings. The summed E-state index contributed by atoms with van der Waals surface area (Å²) in [4.78, 5) is 27.8. The van der Waals surface area contributed by atoms with Crippen molar-refractivity contribution in [1.82, 2.24) is 9.88 Å². The number of rotatable bonds is 4. The van der Waals surface area contributed by atoms with E-state index in [0.29, 0.717) is 5.69 Å². The molecule has 0 bridgehead atoms. The smallest absolute Gasteiger partial charge is 0.321 e. The second-order valence-electron chi connectivity index (χ2n) is 4.24. The van der Waals surface area contributed by atoms with Crippen LogP contribution in [0.4, 0.5) is 10.5 Å². The molecule has 2 N–H and O–H groups in total. The van der Waals surface area contributed by atoms with E-state index in [2.05, 4.69) is 10.3 Å². The number of urea groups is 1. The molecular formula is C12H17N3O3. The number of amides is 2. The number of aromatic nitrogens is 1.